The van der Waals surface area contributed by atoms with E-state index in [1.165, 1.54) is 0 Å². The van der Waals surface area contributed by atoms with E-state index in [0.717, 1.165) is 22.6 Å². The average Bonchev–Trinajstić information content (AvgIpc) is 2.98. The Morgan fingerprint density at radius 3 is 2.65 bits per heavy atom. The van der Waals surface area contributed by atoms with E-state index >= 15 is 0 Å². The van der Waals surface area contributed by atoms with Crippen LogP contribution in [0.15, 0.2) is 48.9 Å². The largest absolute Gasteiger partial charge is 0.358 e. The molecule has 0 radical (unpaired) electrons. The van der Waals surface area contributed by atoms with E-state index in [1.54, 1.807) is 11.0 Å². The molecule has 4 heteroatoms. The molecular weight excluding hydrogens is 212 g/mol. The second kappa shape index (κ2) is 3.90. The van der Waals surface area contributed by atoms with Crippen molar-refractivity contribution in [3.8, 4) is 22.6 Å². The molecule has 1 N–H and O–H groups in total. The number of H-pyrrole nitrogens is 1. The molecule has 0 fully saturated rings. The van der Waals surface area contributed by atoms with Gasteiger partial charge in [0.25, 0.3) is 0 Å². The minimum Gasteiger partial charge on any atom is -0.358 e. The van der Waals surface area contributed by atoms with Gasteiger partial charge in [0.05, 0.1) is 5.69 Å². The molecule has 0 aliphatic heterocycles. The Morgan fingerprint density at radius 1 is 1.12 bits per heavy atom. The summed E-state index contributed by atoms with van der Waals surface area (Å²) in [5, 5.41) is 4.31. The maximum absolute atomic E-state index is 4.31. The van der Waals surface area contributed by atoms with E-state index in [0.29, 0.717) is 0 Å². The molecule has 0 unspecified atom stereocenters. The Balaban J connectivity index is 2.12. The maximum Gasteiger partial charge on any atom is 0.198 e. The van der Waals surface area contributed by atoms with Crippen molar-refractivity contribution in [1.29, 1.82) is 0 Å². The standard InChI is InChI=1S/C13H12N4/c1-17-9-15-13(16-17)12-11(7-8-14-12)10-5-3-2-4-6-10/h2-9,14H,1H3. The summed E-state index contributed by atoms with van der Waals surface area (Å²) in [5.74, 6) is 0.719. The van der Waals surface area contributed by atoms with Crippen molar-refractivity contribution in [2.24, 2.45) is 7.05 Å². The van der Waals surface area contributed by atoms with Gasteiger partial charge in [-0.1, -0.05) is 30.3 Å². The maximum atomic E-state index is 4.31. The third-order valence-corrected chi connectivity index (χ3v) is 2.65. The van der Waals surface area contributed by atoms with E-state index in [4.69, 9.17) is 0 Å². The van der Waals surface area contributed by atoms with Crippen LogP contribution in [0, 0.1) is 0 Å². The van der Waals surface area contributed by atoms with Gasteiger partial charge >= 0.3 is 0 Å². The third kappa shape index (κ3) is 1.73. The van der Waals surface area contributed by atoms with Crippen LogP contribution in [0.4, 0.5) is 0 Å². The summed E-state index contributed by atoms with van der Waals surface area (Å²) in [6.45, 7) is 0. The smallest absolute Gasteiger partial charge is 0.198 e. The molecule has 2 aromatic heterocycles. The first-order chi connectivity index (χ1) is 8.34. The van der Waals surface area contributed by atoms with Crippen LogP contribution in [0.3, 0.4) is 0 Å². The zero-order valence-electron chi connectivity index (χ0n) is 9.46. The van der Waals surface area contributed by atoms with Gasteiger partial charge < -0.3 is 4.98 Å². The highest BCUT2D eigenvalue weighted by Crippen LogP contribution is 2.28. The predicted molar refractivity (Wildman–Crippen MR) is 66.2 cm³/mol. The van der Waals surface area contributed by atoms with Crippen molar-refractivity contribution >= 4 is 0 Å². The minimum absolute atomic E-state index is 0.719. The molecule has 2 heterocycles. The SMILES string of the molecule is Cn1cnc(-c2[nH]ccc2-c2ccccc2)n1. The lowest BCUT2D eigenvalue weighted by Crippen LogP contribution is -1.89. The first-order valence-electron chi connectivity index (χ1n) is 5.43. The van der Waals surface area contributed by atoms with E-state index in [9.17, 15) is 0 Å². The first kappa shape index (κ1) is 9.84. The van der Waals surface area contributed by atoms with E-state index in [2.05, 4.69) is 27.2 Å². The molecule has 0 saturated carbocycles. The van der Waals surface area contributed by atoms with Crippen LogP contribution in [-0.4, -0.2) is 19.7 Å². The van der Waals surface area contributed by atoms with Crippen molar-refractivity contribution < 1.29 is 0 Å². The van der Waals surface area contributed by atoms with Crippen LogP contribution in [0.2, 0.25) is 0 Å². The van der Waals surface area contributed by atoms with Gasteiger partial charge in [0.1, 0.15) is 6.33 Å². The van der Waals surface area contributed by atoms with Crippen molar-refractivity contribution in [2.75, 3.05) is 0 Å². The molecule has 0 bridgehead atoms. The lowest BCUT2D eigenvalue weighted by molar-refractivity contribution is 0.767. The zero-order chi connectivity index (χ0) is 11.7. The monoisotopic (exact) mass is 224 g/mol. The van der Waals surface area contributed by atoms with E-state index < -0.39 is 0 Å². The molecule has 0 atom stereocenters. The Hall–Kier alpha value is -2.36. The number of hydrogen-bond donors (Lipinski definition) is 1. The lowest BCUT2D eigenvalue weighted by Gasteiger charge is -2.00. The second-order valence-corrected chi connectivity index (χ2v) is 3.87. The summed E-state index contributed by atoms with van der Waals surface area (Å²) < 4.78 is 1.70. The molecule has 3 aromatic rings. The van der Waals surface area contributed by atoms with Gasteiger partial charge in [0, 0.05) is 18.8 Å². The summed E-state index contributed by atoms with van der Waals surface area (Å²) in [5.41, 5.74) is 3.24. The van der Waals surface area contributed by atoms with Crippen LogP contribution in [0.25, 0.3) is 22.6 Å². The van der Waals surface area contributed by atoms with Crippen molar-refractivity contribution in [3.05, 3.63) is 48.9 Å². The number of nitrogens with one attached hydrogen (secondary N) is 1. The fourth-order valence-electron chi connectivity index (χ4n) is 1.87. The number of aryl methyl sites for hydroxylation is 1. The number of nitrogens with zero attached hydrogens (tertiary/aromatic N) is 3. The Bertz CT molecular complexity index is 622. The molecule has 3 rings (SSSR count). The lowest BCUT2D eigenvalue weighted by atomic mass is 10.1. The normalized spacial score (nSPS) is 10.6. The average molecular weight is 224 g/mol. The summed E-state index contributed by atoms with van der Waals surface area (Å²) in [7, 11) is 1.86. The van der Waals surface area contributed by atoms with Gasteiger partial charge in [-0.05, 0) is 11.6 Å². The molecular formula is C13H12N4. The van der Waals surface area contributed by atoms with Crippen molar-refractivity contribution in [1.82, 2.24) is 19.7 Å². The van der Waals surface area contributed by atoms with Crippen molar-refractivity contribution in [2.45, 2.75) is 0 Å². The Morgan fingerprint density at radius 2 is 1.94 bits per heavy atom. The van der Waals surface area contributed by atoms with Gasteiger partial charge in [-0.15, -0.1) is 5.10 Å². The predicted octanol–water partition coefficient (Wildman–Crippen LogP) is 2.48. The molecule has 0 aliphatic carbocycles. The number of aromatic nitrogens is 4. The summed E-state index contributed by atoms with van der Waals surface area (Å²) in [6, 6.07) is 12.3. The Kier molecular flexibility index (Phi) is 2.26. The number of rotatable bonds is 2. The van der Waals surface area contributed by atoms with Crippen LogP contribution >= 0.6 is 0 Å². The number of hydrogen-bond acceptors (Lipinski definition) is 2. The topological polar surface area (TPSA) is 46.5 Å². The highest BCUT2D eigenvalue weighted by atomic mass is 15.3. The van der Waals surface area contributed by atoms with Gasteiger partial charge in [-0.2, -0.15) is 0 Å². The molecule has 0 aliphatic rings. The summed E-state index contributed by atoms with van der Waals surface area (Å²) >= 11 is 0. The second-order valence-electron chi connectivity index (χ2n) is 3.87. The highest BCUT2D eigenvalue weighted by molar-refractivity contribution is 5.78. The Labute approximate surface area is 98.9 Å². The highest BCUT2D eigenvalue weighted by Gasteiger charge is 2.11. The van der Waals surface area contributed by atoms with Gasteiger partial charge in [-0.3, -0.25) is 4.68 Å². The molecule has 0 spiro atoms. The van der Waals surface area contributed by atoms with E-state index in [-0.39, 0.29) is 0 Å². The summed E-state index contributed by atoms with van der Waals surface area (Å²) in [6.07, 6.45) is 3.61. The number of benzene rings is 1. The fraction of sp³-hybridized carbons (Fsp3) is 0.0769. The first-order valence-corrected chi connectivity index (χ1v) is 5.43. The molecule has 0 saturated heterocycles. The molecule has 84 valence electrons. The van der Waals surface area contributed by atoms with Crippen LogP contribution < -0.4 is 0 Å². The molecule has 4 nitrogen and oxygen atoms in total. The quantitative estimate of drug-likeness (QED) is 0.726. The third-order valence-electron chi connectivity index (χ3n) is 2.65. The van der Waals surface area contributed by atoms with Gasteiger partial charge in [0.15, 0.2) is 5.82 Å². The fourth-order valence-corrected chi connectivity index (χ4v) is 1.87. The van der Waals surface area contributed by atoms with Crippen LogP contribution in [-0.2, 0) is 7.05 Å². The number of aromatic amines is 1. The van der Waals surface area contributed by atoms with Crippen molar-refractivity contribution in [3.63, 3.8) is 0 Å². The molecule has 1 aromatic carbocycles. The van der Waals surface area contributed by atoms with Crippen LogP contribution in [0.5, 0.6) is 0 Å². The summed E-state index contributed by atoms with van der Waals surface area (Å²) in [4.78, 5) is 7.46. The van der Waals surface area contributed by atoms with Crippen LogP contribution in [0.1, 0.15) is 0 Å². The van der Waals surface area contributed by atoms with E-state index in [1.807, 2.05) is 37.5 Å². The molecule has 0 amide bonds. The zero-order valence-corrected chi connectivity index (χ0v) is 9.46. The molecule has 17 heavy (non-hydrogen) atoms. The van der Waals surface area contributed by atoms with Gasteiger partial charge in [-0.25, -0.2) is 4.98 Å². The minimum atomic E-state index is 0.719. The van der Waals surface area contributed by atoms with Gasteiger partial charge in [0.2, 0.25) is 0 Å².